The summed E-state index contributed by atoms with van der Waals surface area (Å²) < 4.78 is 0. The summed E-state index contributed by atoms with van der Waals surface area (Å²) in [4.78, 5) is 17.4. The molecule has 1 spiro atoms. The number of aryl methyl sites for hydroxylation is 1. The minimum Gasteiger partial charge on any atom is -0.363 e. The van der Waals surface area contributed by atoms with Crippen molar-refractivity contribution < 1.29 is 4.79 Å². The molecule has 1 aliphatic carbocycles. The Balaban J connectivity index is 1.58. The number of carbonyl (C=O) groups excluding carboxylic acids is 1. The van der Waals surface area contributed by atoms with Gasteiger partial charge in [-0.3, -0.25) is 4.79 Å². The zero-order valence-electron chi connectivity index (χ0n) is 24.6. The number of benzene rings is 5. The van der Waals surface area contributed by atoms with Crippen molar-refractivity contribution in [3.05, 3.63) is 161 Å². The maximum atomic E-state index is 15.0. The number of carbonyl (C=O) groups is 1. The van der Waals surface area contributed by atoms with Gasteiger partial charge in [-0.1, -0.05) is 135 Å². The van der Waals surface area contributed by atoms with E-state index in [4.69, 9.17) is 0 Å². The van der Waals surface area contributed by atoms with Crippen LogP contribution in [0.4, 0.5) is 5.69 Å². The predicted octanol–water partition coefficient (Wildman–Crippen LogP) is 9.29. The molecule has 0 N–H and O–H groups in total. The van der Waals surface area contributed by atoms with E-state index in [9.17, 15) is 0 Å². The number of Topliss-reactive ketones (excluding diaryl/α,β-unsaturated/α-hetero) is 1. The zero-order chi connectivity index (χ0) is 29.1. The summed E-state index contributed by atoms with van der Waals surface area (Å²) in [6.45, 7) is 6.78. The van der Waals surface area contributed by atoms with Crippen LogP contribution in [0.3, 0.4) is 0 Å². The first-order valence-corrected chi connectivity index (χ1v) is 14.8. The van der Waals surface area contributed by atoms with Crippen molar-refractivity contribution >= 4 is 33.4 Å². The summed E-state index contributed by atoms with van der Waals surface area (Å²) >= 11 is 0. The SMILES string of the molecule is Cc1ccc(C2=CC(c3ccccc3)=C[C@]3([C@H]2C(=O)c2ccccc2)N(C)c2ccc4ccccc4c2C3(C)C)cc1. The largest absolute Gasteiger partial charge is 0.363 e. The zero-order valence-corrected chi connectivity index (χ0v) is 24.6. The highest BCUT2D eigenvalue weighted by atomic mass is 16.1. The van der Waals surface area contributed by atoms with Gasteiger partial charge in [0.05, 0.1) is 11.5 Å². The summed E-state index contributed by atoms with van der Waals surface area (Å²) in [7, 11) is 2.19. The van der Waals surface area contributed by atoms with Gasteiger partial charge in [0.15, 0.2) is 5.78 Å². The van der Waals surface area contributed by atoms with Gasteiger partial charge in [0.2, 0.25) is 0 Å². The molecule has 0 radical (unpaired) electrons. The number of anilines is 1. The summed E-state index contributed by atoms with van der Waals surface area (Å²) in [6, 6.07) is 42.2. The summed E-state index contributed by atoms with van der Waals surface area (Å²) in [5.74, 6) is -0.302. The maximum absolute atomic E-state index is 15.0. The van der Waals surface area contributed by atoms with Crippen LogP contribution in [0, 0.1) is 12.8 Å². The van der Waals surface area contributed by atoms with E-state index >= 15 is 4.79 Å². The Labute approximate surface area is 248 Å². The molecular weight excluding hydrogens is 510 g/mol. The van der Waals surface area contributed by atoms with E-state index in [1.54, 1.807) is 0 Å². The van der Waals surface area contributed by atoms with Crippen molar-refractivity contribution in [1.29, 1.82) is 0 Å². The lowest BCUT2D eigenvalue weighted by Gasteiger charge is -2.52. The van der Waals surface area contributed by atoms with E-state index < -0.39 is 16.9 Å². The number of ketones is 1. The number of nitrogens with zero attached hydrogens (tertiary/aromatic N) is 1. The minimum absolute atomic E-state index is 0.142. The molecule has 5 aromatic rings. The Kier molecular flexibility index (Phi) is 6.06. The van der Waals surface area contributed by atoms with Crippen molar-refractivity contribution in [3.63, 3.8) is 0 Å². The molecule has 0 aromatic heterocycles. The predicted molar refractivity (Wildman–Crippen MR) is 176 cm³/mol. The van der Waals surface area contributed by atoms with Crippen molar-refractivity contribution in [1.82, 2.24) is 0 Å². The van der Waals surface area contributed by atoms with Gasteiger partial charge >= 0.3 is 0 Å². The third-order valence-electron chi connectivity index (χ3n) is 9.70. The first-order valence-electron chi connectivity index (χ1n) is 14.8. The van der Waals surface area contributed by atoms with Crippen molar-refractivity contribution in [3.8, 4) is 0 Å². The molecular formula is C40H35NO. The van der Waals surface area contributed by atoms with Gasteiger partial charge in [0, 0.05) is 23.7 Å². The highest BCUT2D eigenvalue weighted by molar-refractivity contribution is 6.11. The lowest BCUT2D eigenvalue weighted by Crippen LogP contribution is -2.61. The van der Waals surface area contributed by atoms with Crippen molar-refractivity contribution in [2.45, 2.75) is 31.7 Å². The number of hydrogen-bond donors (Lipinski definition) is 0. The third-order valence-corrected chi connectivity index (χ3v) is 9.70. The first-order chi connectivity index (χ1) is 20.3. The molecule has 206 valence electrons. The van der Waals surface area contributed by atoms with Crippen LogP contribution in [0.15, 0.2) is 133 Å². The molecule has 7 rings (SSSR count). The smallest absolute Gasteiger partial charge is 0.173 e. The van der Waals surface area contributed by atoms with Gasteiger partial charge in [0.25, 0.3) is 0 Å². The summed E-state index contributed by atoms with van der Waals surface area (Å²) in [5.41, 5.74) is 7.75. The maximum Gasteiger partial charge on any atom is 0.173 e. The fourth-order valence-electron chi connectivity index (χ4n) is 7.60. The van der Waals surface area contributed by atoms with E-state index in [-0.39, 0.29) is 5.78 Å². The van der Waals surface area contributed by atoms with E-state index in [1.807, 2.05) is 30.3 Å². The van der Waals surface area contributed by atoms with Crippen LogP contribution in [0.1, 0.15) is 46.5 Å². The molecule has 2 atom stereocenters. The molecule has 0 amide bonds. The highest BCUT2D eigenvalue weighted by Gasteiger charge is 2.62. The number of allylic oxidation sites excluding steroid dienone is 2. The number of rotatable bonds is 4. The van der Waals surface area contributed by atoms with Gasteiger partial charge < -0.3 is 4.90 Å². The topological polar surface area (TPSA) is 20.3 Å². The third kappa shape index (κ3) is 3.75. The fourth-order valence-corrected chi connectivity index (χ4v) is 7.60. The first kappa shape index (κ1) is 26.2. The molecule has 0 unspecified atom stereocenters. The molecule has 42 heavy (non-hydrogen) atoms. The van der Waals surface area contributed by atoms with E-state index in [0.29, 0.717) is 0 Å². The van der Waals surface area contributed by atoms with Crippen LogP contribution in [0.25, 0.3) is 21.9 Å². The van der Waals surface area contributed by atoms with E-state index in [2.05, 4.69) is 136 Å². The van der Waals surface area contributed by atoms with Crippen LogP contribution in [-0.4, -0.2) is 18.4 Å². The standard InChI is InChI=1S/C40H35NO/c1-27-19-21-30(22-20-27)34-25-32(28-13-7-5-8-14-28)26-40(37(34)38(42)31-16-9-6-10-17-31)39(2,3)36-33-18-12-11-15-29(33)23-24-35(36)41(40)4/h5-26,37H,1-4H3/t37-,40-/m1/s1. The van der Waals surface area contributed by atoms with Crippen LogP contribution < -0.4 is 4.90 Å². The molecule has 0 bridgehead atoms. The Morgan fingerprint density at radius 3 is 2.07 bits per heavy atom. The molecule has 0 saturated carbocycles. The number of fused-ring (bicyclic) bond motifs is 3. The number of hydrogen-bond acceptors (Lipinski definition) is 2. The Morgan fingerprint density at radius 2 is 1.36 bits per heavy atom. The second-order valence-corrected chi connectivity index (χ2v) is 12.3. The average Bonchev–Trinajstić information content (AvgIpc) is 3.19. The van der Waals surface area contributed by atoms with Crippen LogP contribution in [0.2, 0.25) is 0 Å². The van der Waals surface area contributed by atoms with Gasteiger partial charge in [-0.25, -0.2) is 0 Å². The molecule has 2 heteroatoms. The second kappa shape index (κ2) is 9.70. The summed E-state index contributed by atoms with van der Waals surface area (Å²) in [5, 5.41) is 2.47. The van der Waals surface area contributed by atoms with Crippen LogP contribution >= 0.6 is 0 Å². The second-order valence-electron chi connectivity index (χ2n) is 12.3. The van der Waals surface area contributed by atoms with Gasteiger partial charge in [-0.15, -0.1) is 0 Å². The normalized spacial score (nSPS) is 20.8. The number of likely N-dealkylation sites (N-methyl/N-ethyl adjacent to an activating group) is 1. The molecule has 2 aliphatic rings. The van der Waals surface area contributed by atoms with E-state index in [1.165, 1.54) is 27.6 Å². The minimum atomic E-state index is -0.674. The van der Waals surface area contributed by atoms with Gasteiger partial charge in [-0.05, 0) is 63.8 Å². The van der Waals surface area contributed by atoms with Gasteiger partial charge in [-0.2, -0.15) is 0 Å². The molecule has 0 saturated heterocycles. The van der Waals surface area contributed by atoms with Crippen LogP contribution in [-0.2, 0) is 5.41 Å². The Morgan fingerprint density at radius 1 is 0.714 bits per heavy atom. The Hall–Kier alpha value is -4.69. The van der Waals surface area contributed by atoms with Crippen molar-refractivity contribution in [2.75, 3.05) is 11.9 Å². The molecule has 1 aliphatic heterocycles. The van der Waals surface area contributed by atoms with Gasteiger partial charge in [0.1, 0.15) is 0 Å². The van der Waals surface area contributed by atoms with E-state index in [0.717, 1.165) is 27.8 Å². The lowest BCUT2D eigenvalue weighted by molar-refractivity contribution is 0.0886. The lowest BCUT2D eigenvalue weighted by atomic mass is 9.56. The fraction of sp³-hybridized carbons (Fsp3) is 0.175. The summed E-state index contributed by atoms with van der Waals surface area (Å²) in [6.07, 6.45) is 4.67. The molecule has 2 nitrogen and oxygen atoms in total. The molecule has 5 aromatic carbocycles. The molecule has 1 heterocycles. The highest BCUT2D eigenvalue weighted by Crippen LogP contribution is 2.61. The average molecular weight is 546 g/mol. The Bertz CT molecular complexity index is 1880. The monoisotopic (exact) mass is 545 g/mol. The van der Waals surface area contributed by atoms with Crippen LogP contribution in [0.5, 0.6) is 0 Å². The quantitative estimate of drug-likeness (QED) is 0.210. The van der Waals surface area contributed by atoms with Crippen molar-refractivity contribution in [2.24, 2.45) is 5.92 Å². The molecule has 0 fully saturated rings.